The molecule has 1 aliphatic rings. The van der Waals surface area contributed by atoms with E-state index in [2.05, 4.69) is 26.1 Å². The van der Waals surface area contributed by atoms with Gasteiger partial charge >= 0.3 is 0 Å². The highest BCUT2D eigenvalue weighted by Crippen LogP contribution is 2.44. The maximum absolute atomic E-state index is 12.2. The molecule has 1 aliphatic carbocycles. The number of sulfone groups is 1. The molecule has 3 atom stereocenters. The van der Waals surface area contributed by atoms with Crippen molar-refractivity contribution in [2.45, 2.75) is 39.7 Å². The summed E-state index contributed by atoms with van der Waals surface area (Å²) >= 11 is 0. The van der Waals surface area contributed by atoms with E-state index in [1.54, 1.807) is 0 Å². The van der Waals surface area contributed by atoms with Crippen LogP contribution in [0.4, 0.5) is 0 Å². The van der Waals surface area contributed by atoms with Gasteiger partial charge in [-0.15, -0.1) is 0 Å². The molecule has 1 amide bonds. The van der Waals surface area contributed by atoms with Crippen molar-refractivity contribution in [1.29, 1.82) is 0 Å². The fraction of sp³-hybridized carbons (Fsp3) is 0.923. The zero-order valence-corrected chi connectivity index (χ0v) is 13.1. The van der Waals surface area contributed by atoms with Crippen LogP contribution in [0.5, 0.6) is 0 Å². The van der Waals surface area contributed by atoms with Crippen molar-refractivity contribution in [3.05, 3.63) is 0 Å². The maximum Gasteiger partial charge on any atom is 0.223 e. The summed E-state index contributed by atoms with van der Waals surface area (Å²) in [5.41, 5.74) is 5.90. The first-order chi connectivity index (χ1) is 8.55. The number of hydrogen-bond donors (Lipinski definition) is 2. The first-order valence-corrected chi connectivity index (χ1v) is 8.82. The molecule has 3 unspecified atom stereocenters. The number of nitrogens with two attached hydrogens (primary N) is 1. The molecule has 0 aromatic heterocycles. The van der Waals surface area contributed by atoms with Crippen molar-refractivity contribution in [2.75, 3.05) is 18.6 Å². The molecule has 0 heterocycles. The van der Waals surface area contributed by atoms with E-state index in [1.165, 1.54) is 6.26 Å². The Morgan fingerprint density at radius 1 is 1.37 bits per heavy atom. The van der Waals surface area contributed by atoms with Gasteiger partial charge in [0.05, 0.1) is 5.75 Å². The van der Waals surface area contributed by atoms with Crippen molar-refractivity contribution in [3.63, 3.8) is 0 Å². The van der Waals surface area contributed by atoms with Crippen LogP contribution in [0.2, 0.25) is 0 Å². The summed E-state index contributed by atoms with van der Waals surface area (Å²) < 4.78 is 22.1. The van der Waals surface area contributed by atoms with E-state index in [0.29, 0.717) is 0 Å². The highest BCUT2D eigenvalue weighted by Gasteiger charge is 2.44. The SMILES string of the molecule is CC1C(N)CCC(C(=O)NCCS(C)(=O)=O)C1(C)C. The van der Waals surface area contributed by atoms with Crippen LogP contribution in [-0.4, -0.2) is 38.9 Å². The fourth-order valence-corrected chi connectivity index (χ4v) is 3.27. The molecule has 6 heteroatoms. The van der Waals surface area contributed by atoms with Gasteiger partial charge in [-0.25, -0.2) is 8.42 Å². The van der Waals surface area contributed by atoms with Gasteiger partial charge in [-0.1, -0.05) is 20.8 Å². The highest BCUT2D eigenvalue weighted by atomic mass is 32.2. The Labute approximate surface area is 116 Å². The van der Waals surface area contributed by atoms with Gasteiger partial charge in [-0.2, -0.15) is 0 Å². The average Bonchev–Trinajstić information content (AvgIpc) is 2.24. The zero-order chi connectivity index (χ0) is 14.8. The summed E-state index contributed by atoms with van der Waals surface area (Å²) in [6.45, 7) is 6.40. The van der Waals surface area contributed by atoms with E-state index < -0.39 is 9.84 Å². The Morgan fingerprint density at radius 3 is 2.47 bits per heavy atom. The molecule has 3 N–H and O–H groups in total. The van der Waals surface area contributed by atoms with Crippen LogP contribution in [0, 0.1) is 17.3 Å². The third-order valence-corrected chi connectivity index (χ3v) is 5.54. The van der Waals surface area contributed by atoms with Gasteiger partial charge in [0, 0.05) is 24.8 Å². The average molecular weight is 290 g/mol. The van der Waals surface area contributed by atoms with Gasteiger partial charge in [0.2, 0.25) is 5.91 Å². The first-order valence-electron chi connectivity index (χ1n) is 6.76. The number of carbonyl (C=O) groups is 1. The largest absolute Gasteiger partial charge is 0.355 e. The fourth-order valence-electron chi connectivity index (χ4n) is 2.80. The molecule has 0 aromatic carbocycles. The van der Waals surface area contributed by atoms with Crippen molar-refractivity contribution in [3.8, 4) is 0 Å². The number of amides is 1. The lowest BCUT2D eigenvalue weighted by molar-refractivity contribution is -0.132. The quantitative estimate of drug-likeness (QED) is 0.791. The third-order valence-electron chi connectivity index (χ3n) is 4.59. The van der Waals surface area contributed by atoms with Crippen molar-refractivity contribution in [2.24, 2.45) is 23.0 Å². The summed E-state index contributed by atoms with van der Waals surface area (Å²) in [7, 11) is -3.03. The second-order valence-corrected chi connectivity index (χ2v) is 8.58. The Kier molecular flexibility index (Phi) is 5.01. The molecule has 1 saturated carbocycles. The molecule has 0 bridgehead atoms. The van der Waals surface area contributed by atoms with Gasteiger partial charge in [-0.3, -0.25) is 4.79 Å². The van der Waals surface area contributed by atoms with Crippen LogP contribution in [0.15, 0.2) is 0 Å². The molecule has 0 aliphatic heterocycles. The van der Waals surface area contributed by atoms with E-state index >= 15 is 0 Å². The number of nitrogens with one attached hydrogen (secondary N) is 1. The van der Waals surface area contributed by atoms with E-state index in [4.69, 9.17) is 5.73 Å². The van der Waals surface area contributed by atoms with E-state index in [0.717, 1.165) is 12.8 Å². The zero-order valence-electron chi connectivity index (χ0n) is 12.3. The highest BCUT2D eigenvalue weighted by molar-refractivity contribution is 7.90. The molecule has 0 aromatic rings. The monoisotopic (exact) mass is 290 g/mol. The van der Waals surface area contributed by atoms with Crippen LogP contribution in [-0.2, 0) is 14.6 Å². The van der Waals surface area contributed by atoms with Gasteiger partial charge in [0.15, 0.2) is 0 Å². The summed E-state index contributed by atoms with van der Waals surface area (Å²) in [4.78, 5) is 12.2. The Morgan fingerprint density at radius 2 is 1.95 bits per heavy atom. The van der Waals surface area contributed by atoms with Crippen LogP contribution in [0.3, 0.4) is 0 Å². The normalized spacial score (nSPS) is 30.9. The summed E-state index contributed by atoms with van der Waals surface area (Å²) in [5.74, 6) is 0.113. The maximum atomic E-state index is 12.2. The molecular weight excluding hydrogens is 264 g/mol. The second-order valence-electron chi connectivity index (χ2n) is 6.32. The van der Waals surface area contributed by atoms with Crippen molar-refractivity contribution >= 4 is 15.7 Å². The lowest BCUT2D eigenvalue weighted by atomic mass is 9.61. The molecule has 5 nitrogen and oxygen atoms in total. The Bertz CT molecular complexity index is 431. The molecule has 0 spiro atoms. The van der Waals surface area contributed by atoms with Crippen molar-refractivity contribution < 1.29 is 13.2 Å². The van der Waals surface area contributed by atoms with Crippen LogP contribution in [0.1, 0.15) is 33.6 Å². The van der Waals surface area contributed by atoms with Crippen LogP contribution in [0.25, 0.3) is 0 Å². The van der Waals surface area contributed by atoms with Gasteiger partial charge < -0.3 is 11.1 Å². The number of rotatable bonds is 4. The molecule has 112 valence electrons. The summed E-state index contributed by atoms with van der Waals surface area (Å²) in [5, 5.41) is 2.74. The molecule has 1 rings (SSSR count). The smallest absolute Gasteiger partial charge is 0.223 e. The minimum atomic E-state index is -3.03. The second kappa shape index (κ2) is 5.79. The Hall–Kier alpha value is -0.620. The number of carbonyl (C=O) groups excluding carboxylic acids is 1. The third kappa shape index (κ3) is 4.18. The van der Waals surface area contributed by atoms with Gasteiger partial charge in [-0.05, 0) is 24.2 Å². The summed E-state index contributed by atoms with van der Waals surface area (Å²) in [6, 6.07) is 0.134. The predicted octanol–water partition coefficient (Wildman–Crippen LogP) is 0.547. The van der Waals surface area contributed by atoms with Gasteiger partial charge in [0.25, 0.3) is 0 Å². The predicted molar refractivity (Wildman–Crippen MR) is 76.4 cm³/mol. The van der Waals surface area contributed by atoms with Crippen LogP contribution >= 0.6 is 0 Å². The molecule has 0 radical (unpaired) electrons. The molecule has 0 saturated heterocycles. The lowest BCUT2D eigenvalue weighted by Gasteiger charge is -2.46. The van der Waals surface area contributed by atoms with E-state index in [9.17, 15) is 13.2 Å². The minimum Gasteiger partial charge on any atom is -0.355 e. The number of hydrogen-bond acceptors (Lipinski definition) is 4. The lowest BCUT2D eigenvalue weighted by Crippen LogP contribution is -2.51. The first kappa shape index (κ1) is 16.4. The molecular formula is C13H26N2O3S. The summed E-state index contributed by atoms with van der Waals surface area (Å²) in [6.07, 6.45) is 2.78. The molecule has 19 heavy (non-hydrogen) atoms. The standard InChI is InChI=1S/C13H26N2O3S/c1-9-11(14)6-5-10(13(9,2)3)12(16)15-7-8-19(4,17)18/h9-11H,5-8,14H2,1-4H3,(H,15,16). The molecule has 1 fully saturated rings. The van der Waals surface area contributed by atoms with Gasteiger partial charge in [0.1, 0.15) is 9.84 Å². The van der Waals surface area contributed by atoms with E-state index in [1.807, 2.05) is 0 Å². The minimum absolute atomic E-state index is 0.0129. The topological polar surface area (TPSA) is 89.3 Å². The van der Waals surface area contributed by atoms with Crippen LogP contribution < -0.4 is 11.1 Å². The Balaban J connectivity index is 2.62. The van der Waals surface area contributed by atoms with E-state index in [-0.39, 0.29) is 41.5 Å². The van der Waals surface area contributed by atoms with Crippen molar-refractivity contribution in [1.82, 2.24) is 5.32 Å².